The van der Waals surface area contributed by atoms with Crippen LogP contribution in [0.1, 0.15) is 11.7 Å². The van der Waals surface area contributed by atoms with Crippen LogP contribution in [0.5, 0.6) is 0 Å². The monoisotopic (exact) mass is 164 g/mol. The number of rotatable bonds is 2. The molecule has 2 rings (SSSR count). The predicted octanol–water partition coefficient (Wildman–Crippen LogP) is 1.22. The van der Waals surface area contributed by atoms with Gasteiger partial charge in [-0.15, -0.1) is 0 Å². The van der Waals surface area contributed by atoms with E-state index in [1.807, 2.05) is 25.1 Å². The van der Waals surface area contributed by atoms with Crippen molar-refractivity contribution in [3.63, 3.8) is 0 Å². The summed E-state index contributed by atoms with van der Waals surface area (Å²) in [5, 5.41) is 0. The molecule has 0 spiro atoms. The zero-order valence-corrected chi connectivity index (χ0v) is 7.32. The van der Waals surface area contributed by atoms with E-state index in [1.165, 1.54) is 5.56 Å². The van der Waals surface area contributed by atoms with Crippen molar-refractivity contribution in [1.82, 2.24) is 4.98 Å². The molecular weight excluding hydrogens is 152 g/mol. The van der Waals surface area contributed by atoms with Gasteiger partial charge in [0.1, 0.15) is 11.9 Å². The Bertz CT molecular complexity index is 261. The topological polar surface area (TPSA) is 28.7 Å². The first-order chi connectivity index (χ1) is 5.79. The van der Waals surface area contributed by atoms with E-state index in [2.05, 4.69) is 11.1 Å². The molecule has 1 aromatic rings. The van der Waals surface area contributed by atoms with E-state index >= 15 is 0 Å². The molecule has 1 aliphatic rings. The van der Waals surface area contributed by atoms with Crippen LogP contribution in [0.2, 0.25) is 0 Å². The number of hydrogen-bond acceptors (Lipinski definition) is 3. The fourth-order valence-corrected chi connectivity index (χ4v) is 1.26. The first-order valence-corrected chi connectivity index (χ1v) is 4.03. The molecule has 3 nitrogen and oxygen atoms in total. The van der Waals surface area contributed by atoms with Crippen molar-refractivity contribution in [2.45, 2.75) is 6.10 Å². The van der Waals surface area contributed by atoms with Crippen LogP contribution in [0.15, 0.2) is 18.3 Å². The summed E-state index contributed by atoms with van der Waals surface area (Å²) < 4.78 is 5.22. The second-order valence-electron chi connectivity index (χ2n) is 3.13. The van der Waals surface area contributed by atoms with Gasteiger partial charge in [-0.2, -0.15) is 0 Å². The largest absolute Gasteiger partial charge is 0.368 e. The maximum atomic E-state index is 5.22. The summed E-state index contributed by atoms with van der Waals surface area (Å²) in [7, 11) is 3.99. The Morgan fingerprint density at radius 1 is 1.58 bits per heavy atom. The third kappa shape index (κ3) is 1.28. The number of pyridine rings is 1. The number of anilines is 1. The lowest BCUT2D eigenvalue weighted by molar-refractivity contribution is 0.415. The predicted molar refractivity (Wildman–Crippen MR) is 47.3 cm³/mol. The highest BCUT2D eigenvalue weighted by atomic mass is 16.6. The van der Waals surface area contributed by atoms with Gasteiger partial charge in [0.2, 0.25) is 0 Å². The van der Waals surface area contributed by atoms with Gasteiger partial charge in [-0.3, -0.25) is 0 Å². The van der Waals surface area contributed by atoms with Gasteiger partial charge in [0.05, 0.1) is 6.61 Å². The third-order valence-corrected chi connectivity index (χ3v) is 1.92. The van der Waals surface area contributed by atoms with Gasteiger partial charge in [-0.1, -0.05) is 6.07 Å². The molecule has 0 unspecified atom stereocenters. The van der Waals surface area contributed by atoms with Crippen molar-refractivity contribution in [2.24, 2.45) is 0 Å². The van der Waals surface area contributed by atoms with Crippen LogP contribution in [0.3, 0.4) is 0 Å². The standard InChI is InChI=1S/C9H12N2O/c1-11(2)9-7(8-6-12-8)4-3-5-10-9/h3-5,8H,6H2,1-2H3/t8-/m1/s1. The SMILES string of the molecule is CN(C)c1ncccc1[C@H]1CO1. The highest BCUT2D eigenvalue weighted by Crippen LogP contribution is 2.34. The summed E-state index contributed by atoms with van der Waals surface area (Å²) >= 11 is 0. The minimum absolute atomic E-state index is 0.288. The van der Waals surface area contributed by atoms with Gasteiger partial charge in [0, 0.05) is 25.9 Å². The summed E-state index contributed by atoms with van der Waals surface area (Å²) in [5.74, 6) is 1.01. The molecule has 1 aromatic heterocycles. The number of ether oxygens (including phenoxy) is 1. The van der Waals surface area contributed by atoms with Crippen molar-refractivity contribution in [3.05, 3.63) is 23.9 Å². The van der Waals surface area contributed by atoms with Crippen LogP contribution in [0.25, 0.3) is 0 Å². The number of hydrogen-bond donors (Lipinski definition) is 0. The fraction of sp³-hybridized carbons (Fsp3) is 0.444. The molecule has 0 aromatic carbocycles. The van der Waals surface area contributed by atoms with E-state index in [9.17, 15) is 0 Å². The molecule has 0 saturated carbocycles. The zero-order valence-electron chi connectivity index (χ0n) is 7.32. The molecule has 3 heteroatoms. The van der Waals surface area contributed by atoms with Gasteiger partial charge in [-0.05, 0) is 6.07 Å². The van der Waals surface area contributed by atoms with Gasteiger partial charge in [0.25, 0.3) is 0 Å². The lowest BCUT2D eigenvalue weighted by Crippen LogP contribution is -2.12. The summed E-state index contributed by atoms with van der Waals surface area (Å²) in [4.78, 5) is 6.30. The van der Waals surface area contributed by atoms with Crippen LogP contribution in [-0.4, -0.2) is 25.7 Å². The molecule has 1 atom stereocenters. The Hall–Kier alpha value is -1.09. The van der Waals surface area contributed by atoms with E-state index in [-0.39, 0.29) is 6.10 Å². The normalized spacial score (nSPS) is 20.7. The minimum atomic E-state index is 0.288. The van der Waals surface area contributed by atoms with E-state index in [1.54, 1.807) is 6.20 Å². The zero-order chi connectivity index (χ0) is 8.55. The smallest absolute Gasteiger partial charge is 0.133 e. The van der Waals surface area contributed by atoms with E-state index in [0.29, 0.717) is 0 Å². The summed E-state index contributed by atoms with van der Waals surface area (Å²) in [6, 6.07) is 4.02. The first-order valence-electron chi connectivity index (χ1n) is 4.03. The maximum absolute atomic E-state index is 5.22. The minimum Gasteiger partial charge on any atom is -0.368 e. The van der Waals surface area contributed by atoms with Crippen LogP contribution >= 0.6 is 0 Å². The van der Waals surface area contributed by atoms with Gasteiger partial charge in [-0.25, -0.2) is 4.98 Å². The molecule has 1 aliphatic heterocycles. The second kappa shape index (κ2) is 2.75. The molecule has 12 heavy (non-hydrogen) atoms. The summed E-state index contributed by atoms with van der Waals surface area (Å²) in [6.07, 6.45) is 2.09. The Labute approximate surface area is 72.0 Å². The van der Waals surface area contributed by atoms with Crippen molar-refractivity contribution >= 4 is 5.82 Å². The summed E-state index contributed by atoms with van der Waals surface area (Å²) in [6.45, 7) is 0.840. The maximum Gasteiger partial charge on any atom is 0.133 e. The molecule has 1 fully saturated rings. The van der Waals surface area contributed by atoms with Crippen LogP contribution < -0.4 is 4.90 Å². The molecule has 0 N–H and O–H groups in total. The van der Waals surface area contributed by atoms with Crippen molar-refractivity contribution in [3.8, 4) is 0 Å². The first kappa shape index (κ1) is 7.55. The van der Waals surface area contributed by atoms with Gasteiger partial charge >= 0.3 is 0 Å². The lowest BCUT2D eigenvalue weighted by atomic mass is 10.2. The quantitative estimate of drug-likeness (QED) is 0.615. The van der Waals surface area contributed by atoms with Crippen molar-refractivity contribution < 1.29 is 4.74 Å². The molecule has 0 radical (unpaired) electrons. The molecule has 0 aliphatic carbocycles. The third-order valence-electron chi connectivity index (χ3n) is 1.92. The average Bonchev–Trinajstić information content (AvgIpc) is 2.87. The van der Waals surface area contributed by atoms with E-state index in [4.69, 9.17) is 4.74 Å². The second-order valence-corrected chi connectivity index (χ2v) is 3.13. The number of nitrogens with zero attached hydrogens (tertiary/aromatic N) is 2. The van der Waals surface area contributed by atoms with Crippen LogP contribution in [0.4, 0.5) is 5.82 Å². The van der Waals surface area contributed by atoms with E-state index in [0.717, 1.165) is 12.4 Å². The molecule has 0 bridgehead atoms. The number of epoxide rings is 1. The summed E-state index contributed by atoms with van der Waals surface area (Å²) in [5.41, 5.74) is 1.20. The van der Waals surface area contributed by atoms with Crippen molar-refractivity contribution in [1.29, 1.82) is 0 Å². The highest BCUT2D eigenvalue weighted by Gasteiger charge is 2.28. The van der Waals surface area contributed by atoms with E-state index < -0.39 is 0 Å². The average molecular weight is 164 g/mol. The molecular formula is C9H12N2O. The Morgan fingerprint density at radius 3 is 2.92 bits per heavy atom. The fourth-order valence-electron chi connectivity index (χ4n) is 1.26. The number of aromatic nitrogens is 1. The molecule has 1 saturated heterocycles. The molecule has 2 heterocycles. The molecule has 64 valence electrons. The Kier molecular flexibility index (Phi) is 1.73. The Balaban J connectivity index is 2.36. The van der Waals surface area contributed by atoms with Gasteiger partial charge < -0.3 is 9.64 Å². The van der Waals surface area contributed by atoms with Gasteiger partial charge in [0.15, 0.2) is 0 Å². The highest BCUT2D eigenvalue weighted by molar-refractivity contribution is 5.47. The Morgan fingerprint density at radius 2 is 2.33 bits per heavy atom. The van der Waals surface area contributed by atoms with Crippen LogP contribution in [-0.2, 0) is 4.74 Å². The van der Waals surface area contributed by atoms with Crippen LogP contribution in [0, 0.1) is 0 Å². The van der Waals surface area contributed by atoms with Crippen molar-refractivity contribution in [2.75, 3.05) is 25.6 Å². The molecule has 0 amide bonds. The lowest BCUT2D eigenvalue weighted by Gasteiger charge is -2.13.